The van der Waals surface area contributed by atoms with Crippen molar-refractivity contribution in [3.05, 3.63) is 20.3 Å². The van der Waals surface area contributed by atoms with Gasteiger partial charge in [-0.2, -0.15) is 0 Å². The minimum Gasteiger partial charge on any atom is -0.352 e. The lowest BCUT2D eigenvalue weighted by Crippen LogP contribution is -2.39. The number of hydrogen-bond donors (Lipinski definition) is 2. The average molecular weight is 319 g/mol. The van der Waals surface area contributed by atoms with E-state index < -0.39 is 0 Å². The molecule has 0 saturated carbocycles. The second-order valence-corrected chi connectivity index (χ2v) is 6.34. The monoisotopic (exact) mass is 318 g/mol. The molecule has 0 unspecified atom stereocenters. The molecule has 0 radical (unpaired) electrons. The molecule has 0 atom stereocenters. The van der Waals surface area contributed by atoms with Crippen molar-refractivity contribution in [2.45, 2.75) is 26.8 Å². The molecule has 0 fully saturated rings. The van der Waals surface area contributed by atoms with Crippen molar-refractivity contribution >= 4 is 39.1 Å². The fraction of sp³-hybridized carbons (Fsp3) is 0.455. The maximum absolute atomic E-state index is 11.7. The van der Waals surface area contributed by atoms with E-state index in [2.05, 4.69) is 26.6 Å². The first kappa shape index (κ1) is 14.2. The van der Waals surface area contributed by atoms with Gasteiger partial charge in [0.15, 0.2) is 0 Å². The van der Waals surface area contributed by atoms with E-state index in [-0.39, 0.29) is 24.4 Å². The molecule has 0 aliphatic heterocycles. The van der Waals surface area contributed by atoms with Gasteiger partial charge in [0.2, 0.25) is 5.91 Å². The zero-order valence-electron chi connectivity index (χ0n) is 9.96. The van der Waals surface area contributed by atoms with E-state index in [1.54, 1.807) is 6.07 Å². The zero-order valence-corrected chi connectivity index (χ0v) is 12.4. The van der Waals surface area contributed by atoms with Crippen molar-refractivity contribution in [1.29, 1.82) is 0 Å². The van der Waals surface area contributed by atoms with Crippen LogP contribution in [-0.2, 0) is 4.79 Å². The van der Waals surface area contributed by atoms with Gasteiger partial charge >= 0.3 is 0 Å². The summed E-state index contributed by atoms with van der Waals surface area (Å²) in [5, 5.41) is 5.29. The fourth-order valence-electron chi connectivity index (χ4n) is 1.19. The van der Waals surface area contributed by atoms with E-state index in [9.17, 15) is 9.59 Å². The molecule has 1 heterocycles. The van der Waals surface area contributed by atoms with E-state index in [0.717, 1.165) is 9.35 Å². The molecule has 0 spiro atoms. The smallest absolute Gasteiger partial charge is 0.261 e. The first-order valence-corrected chi connectivity index (χ1v) is 6.84. The molecular formula is C11H15BrN2O2S. The summed E-state index contributed by atoms with van der Waals surface area (Å²) in [5.41, 5.74) is 1.02. The van der Waals surface area contributed by atoms with Crippen LogP contribution in [0.1, 0.15) is 29.1 Å². The number of halogens is 1. The Balaban J connectivity index is 2.47. The number of amides is 2. The molecule has 0 aliphatic rings. The largest absolute Gasteiger partial charge is 0.352 e. The Morgan fingerprint density at radius 1 is 1.47 bits per heavy atom. The lowest BCUT2D eigenvalue weighted by molar-refractivity contribution is -0.120. The molecule has 4 nitrogen and oxygen atoms in total. The highest BCUT2D eigenvalue weighted by molar-refractivity contribution is 9.11. The molecule has 0 aliphatic carbocycles. The number of rotatable bonds is 4. The van der Waals surface area contributed by atoms with Crippen LogP contribution < -0.4 is 10.6 Å². The van der Waals surface area contributed by atoms with E-state index in [1.807, 2.05) is 20.8 Å². The van der Waals surface area contributed by atoms with E-state index in [4.69, 9.17) is 0 Å². The van der Waals surface area contributed by atoms with Gasteiger partial charge in [0, 0.05) is 6.04 Å². The highest BCUT2D eigenvalue weighted by Crippen LogP contribution is 2.26. The van der Waals surface area contributed by atoms with Crippen molar-refractivity contribution in [3.63, 3.8) is 0 Å². The van der Waals surface area contributed by atoms with Crippen LogP contribution in [0.3, 0.4) is 0 Å². The van der Waals surface area contributed by atoms with Gasteiger partial charge in [0.05, 0.1) is 15.2 Å². The van der Waals surface area contributed by atoms with Gasteiger partial charge in [0.25, 0.3) is 5.91 Å². The van der Waals surface area contributed by atoms with Crippen molar-refractivity contribution in [2.75, 3.05) is 6.54 Å². The van der Waals surface area contributed by atoms with E-state index >= 15 is 0 Å². The van der Waals surface area contributed by atoms with Crippen LogP contribution in [0.2, 0.25) is 0 Å². The van der Waals surface area contributed by atoms with Gasteiger partial charge in [-0.05, 0) is 48.3 Å². The van der Waals surface area contributed by atoms with Crippen LogP contribution in [-0.4, -0.2) is 24.4 Å². The summed E-state index contributed by atoms with van der Waals surface area (Å²) in [7, 11) is 0. The zero-order chi connectivity index (χ0) is 13.0. The van der Waals surface area contributed by atoms with Crippen LogP contribution in [0.5, 0.6) is 0 Å². The van der Waals surface area contributed by atoms with Gasteiger partial charge in [-0.15, -0.1) is 11.3 Å². The van der Waals surface area contributed by atoms with Gasteiger partial charge in [-0.25, -0.2) is 0 Å². The third kappa shape index (κ3) is 4.47. The first-order valence-electron chi connectivity index (χ1n) is 5.23. The van der Waals surface area contributed by atoms with E-state index in [0.29, 0.717) is 4.88 Å². The molecule has 0 bridgehead atoms. The van der Waals surface area contributed by atoms with Crippen molar-refractivity contribution in [3.8, 4) is 0 Å². The molecule has 17 heavy (non-hydrogen) atoms. The molecule has 1 aromatic heterocycles. The van der Waals surface area contributed by atoms with Crippen LogP contribution in [0.25, 0.3) is 0 Å². The highest BCUT2D eigenvalue weighted by atomic mass is 79.9. The number of nitrogens with one attached hydrogen (secondary N) is 2. The maximum atomic E-state index is 11.7. The van der Waals surface area contributed by atoms with Crippen molar-refractivity contribution in [1.82, 2.24) is 10.6 Å². The minimum absolute atomic E-state index is 0.00554. The number of carbonyl (C=O) groups excluding carboxylic acids is 2. The molecule has 0 saturated heterocycles. The fourth-order valence-corrected chi connectivity index (χ4v) is 2.64. The standard InChI is InChI=1S/C11H15BrN2O2S/c1-6(2)14-9(15)5-13-11(16)8-4-7(3)10(12)17-8/h4,6H,5H2,1-3H3,(H,13,16)(H,14,15). The summed E-state index contributed by atoms with van der Waals surface area (Å²) in [6.07, 6.45) is 0. The quantitative estimate of drug-likeness (QED) is 0.893. The lowest BCUT2D eigenvalue weighted by Gasteiger charge is -2.08. The average Bonchev–Trinajstić information content (AvgIpc) is 2.55. The Kier molecular flexibility index (Phi) is 5.14. The Labute approximate surface area is 113 Å². The van der Waals surface area contributed by atoms with E-state index in [1.165, 1.54) is 11.3 Å². The third-order valence-electron chi connectivity index (χ3n) is 1.94. The summed E-state index contributed by atoms with van der Waals surface area (Å²) in [4.78, 5) is 23.6. The molecule has 1 rings (SSSR count). The molecular weight excluding hydrogens is 304 g/mol. The summed E-state index contributed by atoms with van der Waals surface area (Å²) in [5.74, 6) is -0.400. The first-order chi connectivity index (χ1) is 7.90. The number of carbonyl (C=O) groups is 2. The van der Waals surface area contributed by atoms with Crippen molar-refractivity contribution in [2.24, 2.45) is 0 Å². The SMILES string of the molecule is Cc1cc(C(=O)NCC(=O)NC(C)C)sc1Br. The number of aryl methyl sites for hydroxylation is 1. The molecule has 1 aromatic rings. The van der Waals surface area contributed by atoms with Crippen LogP contribution in [0.15, 0.2) is 9.85 Å². The van der Waals surface area contributed by atoms with Crippen LogP contribution in [0, 0.1) is 6.92 Å². The number of hydrogen-bond acceptors (Lipinski definition) is 3. The van der Waals surface area contributed by atoms with Gasteiger partial charge in [-0.3, -0.25) is 9.59 Å². The second-order valence-electron chi connectivity index (χ2n) is 3.97. The van der Waals surface area contributed by atoms with Gasteiger partial charge in [-0.1, -0.05) is 0 Å². The molecule has 6 heteroatoms. The minimum atomic E-state index is -0.220. The van der Waals surface area contributed by atoms with Crippen LogP contribution >= 0.6 is 27.3 Å². The Hall–Kier alpha value is -0.880. The molecule has 0 aromatic carbocycles. The van der Waals surface area contributed by atoms with Crippen molar-refractivity contribution < 1.29 is 9.59 Å². The molecule has 94 valence electrons. The normalized spacial score (nSPS) is 10.4. The Morgan fingerprint density at radius 2 is 2.12 bits per heavy atom. The highest BCUT2D eigenvalue weighted by Gasteiger charge is 2.12. The van der Waals surface area contributed by atoms with Gasteiger partial charge in [0.1, 0.15) is 0 Å². The summed E-state index contributed by atoms with van der Waals surface area (Å²) in [6.45, 7) is 5.67. The number of thiophene rings is 1. The maximum Gasteiger partial charge on any atom is 0.261 e. The third-order valence-corrected chi connectivity index (χ3v) is 4.08. The lowest BCUT2D eigenvalue weighted by atomic mass is 10.3. The predicted octanol–water partition coefficient (Wildman–Crippen LogP) is 2.07. The second kappa shape index (κ2) is 6.16. The predicted molar refractivity (Wildman–Crippen MR) is 72.4 cm³/mol. The Bertz CT molecular complexity index is 410. The molecule has 2 amide bonds. The van der Waals surface area contributed by atoms with Gasteiger partial charge < -0.3 is 10.6 Å². The van der Waals surface area contributed by atoms with Crippen LogP contribution in [0.4, 0.5) is 0 Å². The summed E-state index contributed by atoms with van der Waals surface area (Å²) >= 11 is 4.72. The Morgan fingerprint density at radius 3 is 2.59 bits per heavy atom. The molecule has 2 N–H and O–H groups in total. The summed E-state index contributed by atoms with van der Waals surface area (Å²) < 4.78 is 0.939. The summed E-state index contributed by atoms with van der Waals surface area (Å²) in [6, 6.07) is 1.88. The topological polar surface area (TPSA) is 58.2 Å².